The Labute approximate surface area is 162 Å². The normalized spacial score (nSPS) is 16.2. The van der Waals surface area contributed by atoms with Gasteiger partial charge >= 0.3 is 0 Å². The fraction of sp³-hybridized carbons (Fsp3) is 0.500. The smallest absolute Gasteiger partial charge is 0.222 e. The van der Waals surface area contributed by atoms with Crippen molar-refractivity contribution in [2.75, 3.05) is 18.8 Å². The quantitative estimate of drug-likeness (QED) is 0.757. The highest BCUT2D eigenvalue weighted by Crippen LogP contribution is 2.23. The standard InChI is InChI=1S/C22H29NO3S/c1-17(2)16-27(25,26)20-12-14-23(15-13-20)22(24)11-10-19-8-5-7-18-6-3-4-9-21(18)19/h3-9,17,20H,10-16H2,1-2H3. The monoisotopic (exact) mass is 387 g/mol. The van der Waals surface area contributed by atoms with Gasteiger partial charge in [0.2, 0.25) is 5.91 Å². The number of nitrogens with zero attached hydrogens (tertiary/aromatic N) is 1. The minimum absolute atomic E-state index is 0.127. The van der Waals surface area contributed by atoms with Gasteiger partial charge in [0.15, 0.2) is 9.84 Å². The molecule has 0 N–H and O–H groups in total. The van der Waals surface area contributed by atoms with Crippen molar-refractivity contribution in [3.63, 3.8) is 0 Å². The van der Waals surface area contributed by atoms with E-state index in [2.05, 4.69) is 24.3 Å². The van der Waals surface area contributed by atoms with Gasteiger partial charge in [-0.25, -0.2) is 8.42 Å². The molecule has 0 unspecified atom stereocenters. The van der Waals surface area contributed by atoms with Crippen molar-refractivity contribution in [1.29, 1.82) is 0 Å². The number of hydrogen-bond acceptors (Lipinski definition) is 3. The Hall–Kier alpha value is -1.88. The first-order chi connectivity index (χ1) is 12.9. The Balaban J connectivity index is 1.56. The van der Waals surface area contributed by atoms with Crippen molar-refractivity contribution in [2.45, 2.75) is 44.8 Å². The minimum Gasteiger partial charge on any atom is -0.343 e. The lowest BCUT2D eigenvalue weighted by atomic mass is 10.0. The van der Waals surface area contributed by atoms with Crippen LogP contribution in [0.2, 0.25) is 0 Å². The molecular formula is C22H29NO3S. The van der Waals surface area contributed by atoms with E-state index in [1.165, 1.54) is 16.3 Å². The second-order valence-corrected chi connectivity index (χ2v) is 10.3. The fourth-order valence-electron chi connectivity index (χ4n) is 3.98. The van der Waals surface area contributed by atoms with Crippen LogP contribution in [0.25, 0.3) is 10.8 Å². The molecule has 1 saturated heterocycles. The topological polar surface area (TPSA) is 54.5 Å². The van der Waals surface area contributed by atoms with E-state index in [0.717, 1.165) is 0 Å². The molecule has 0 spiro atoms. The molecule has 1 heterocycles. The lowest BCUT2D eigenvalue weighted by molar-refractivity contribution is -0.132. The number of fused-ring (bicyclic) bond motifs is 1. The summed E-state index contributed by atoms with van der Waals surface area (Å²) in [5, 5.41) is 2.10. The van der Waals surface area contributed by atoms with Gasteiger partial charge in [0.25, 0.3) is 0 Å². The predicted molar refractivity (Wildman–Crippen MR) is 110 cm³/mol. The highest BCUT2D eigenvalue weighted by Gasteiger charge is 2.31. The zero-order valence-electron chi connectivity index (χ0n) is 16.2. The lowest BCUT2D eigenvalue weighted by Crippen LogP contribution is -2.43. The van der Waals surface area contributed by atoms with Gasteiger partial charge in [-0.05, 0) is 41.5 Å². The zero-order chi connectivity index (χ0) is 19.4. The molecule has 146 valence electrons. The molecule has 0 bridgehead atoms. The molecule has 2 aromatic rings. The molecule has 2 aromatic carbocycles. The number of likely N-dealkylation sites (tertiary alicyclic amines) is 1. The maximum Gasteiger partial charge on any atom is 0.222 e. The Kier molecular flexibility index (Phi) is 6.20. The lowest BCUT2D eigenvalue weighted by Gasteiger charge is -2.32. The summed E-state index contributed by atoms with van der Waals surface area (Å²) in [7, 11) is -3.05. The third-order valence-electron chi connectivity index (χ3n) is 5.36. The van der Waals surface area contributed by atoms with Crippen molar-refractivity contribution >= 4 is 26.5 Å². The highest BCUT2D eigenvalue weighted by molar-refractivity contribution is 7.92. The van der Waals surface area contributed by atoms with Gasteiger partial charge in [-0.3, -0.25) is 4.79 Å². The average Bonchev–Trinajstić information content (AvgIpc) is 2.65. The summed E-state index contributed by atoms with van der Waals surface area (Å²) in [5.74, 6) is 0.519. The van der Waals surface area contributed by atoms with Crippen LogP contribution in [-0.2, 0) is 21.1 Å². The van der Waals surface area contributed by atoms with Crippen LogP contribution < -0.4 is 0 Å². The molecular weight excluding hydrogens is 358 g/mol. The molecule has 5 heteroatoms. The molecule has 0 aromatic heterocycles. The summed E-state index contributed by atoms with van der Waals surface area (Å²) in [6, 6.07) is 14.4. The minimum atomic E-state index is -3.05. The van der Waals surface area contributed by atoms with Gasteiger partial charge in [-0.2, -0.15) is 0 Å². The predicted octanol–water partition coefficient (Wildman–Crippen LogP) is 3.83. The third-order valence-corrected chi connectivity index (χ3v) is 7.97. The number of amides is 1. The number of carbonyl (C=O) groups is 1. The van der Waals surface area contributed by atoms with E-state index >= 15 is 0 Å². The molecule has 1 aliphatic rings. The van der Waals surface area contributed by atoms with E-state index in [-0.39, 0.29) is 22.8 Å². The van der Waals surface area contributed by atoms with Crippen molar-refractivity contribution < 1.29 is 13.2 Å². The Bertz CT molecular complexity index is 891. The number of benzene rings is 2. The van der Waals surface area contributed by atoms with E-state index in [0.29, 0.717) is 38.8 Å². The van der Waals surface area contributed by atoms with Crippen LogP contribution in [0.4, 0.5) is 0 Å². The number of carbonyl (C=O) groups excluding carboxylic acids is 1. The molecule has 3 rings (SSSR count). The second kappa shape index (κ2) is 8.42. The Morgan fingerprint density at radius 2 is 1.74 bits per heavy atom. The molecule has 1 amide bonds. The van der Waals surface area contributed by atoms with Crippen LogP contribution in [0.1, 0.15) is 38.7 Å². The van der Waals surface area contributed by atoms with Crippen LogP contribution >= 0.6 is 0 Å². The van der Waals surface area contributed by atoms with Crippen molar-refractivity contribution in [1.82, 2.24) is 4.90 Å². The maximum absolute atomic E-state index is 12.6. The first-order valence-corrected chi connectivity index (χ1v) is 11.5. The molecule has 0 saturated carbocycles. The van der Waals surface area contributed by atoms with Gasteiger partial charge in [0.05, 0.1) is 11.0 Å². The van der Waals surface area contributed by atoms with E-state index in [4.69, 9.17) is 0 Å². The molecule has 0 radical (unpaired) electrons. The second-order valence-electron chi connectivity index (χ2n) is 7.94. The Morgan fingerprint density at radius 3 is 2.44 bits per heavy atom. The van der Waals surface area contributed by atoms with Gasteiger partial charge in [-0.1, -0.05) is 56.3 Å². The van der Waals surface area contributed by atoms with Crippen LogP contribution in [0.5, 0.6) is 0 Å². The summed E-state index contributed by atoms with van der Waals surface area (Å²) in [6.07, 6.45) is 2.31. The summed E-state index contributed by atoms with van der Waals surface area (Å²) in [4.78, 5) is 14.5. The number of sulfone groups is 1. The number of aryl methyl sites for hydroxylation is 1. The van der Waals surface area contributed by atoms with Crippen LogP contribution in [-0.4, -0.2) is 43.3 Å². The number of piperidine rings is 1. The number of hydrogen-bond donors (Lipinski definition) is 0. The average molecular weight is 388 g/mol. The van der Waals surface area contributed by atoms with E-state index < -0.39 is 9.84 Å². The molecule has 4 nitrogen and oxygen atoms in total. The van der Waals surface area contributed by atoms with E-state index in [9.17, 15) is 13.2 Å². The van der Waals surface area contributed by atoms with Crippen molar-refractivity contribution in [3.05, 3.63) is 48.0 Å². The van der Waals surface area contributed by atoms with Crippen molar-refractivity contribution in [2.24, 2.45) is 5.92 Å². The van der Waals surface area contributed by atoms with E-state index in [1.807, 2.05) is 36.9 Å². The van der Waals surface area contributed by atoms with Crippen molar-refractivity contribution in [3.8, 4) is 0 Å². The van der Waals surface area contributed by atoms with Gasteiger partial charge in [0.1, 0.15) is 0 Å². The van der Waals surface area contributed by atoms with Gasteiger partial charge < -0.3 is 4.90 Å². The highest BCUT2D eigenvalue weighted by atomic mass is 32.2. The summed E-state index contributed by atoms with van der Waals surface area (Å²) in [6.45, 7) is 4.97. The summed E-state index contributed by atoms with van der Waals surface area (Å²) >= 11 is 0. The maximum atomic E-state index is 12.6. The fourth-order valence-corrected chi connectivity index (χ4v) is 6.11. The molecule has 1 aliphatic heterocycles. The Morgan fingerprint density at radius 1 is 1.07 bits per heavy atom. The molecule has 1 fully saturated rings. The largest absolute Gasteiger partial charge is 0.343 e. The van der Waals surface area contributed by atoms with Crippen LogP contribution in [0, 0.1) is 5.92 Å². The van der Waals surface area contributed by atoms with Crippen LogP contribution in [0.3, 0.4) is 0 Å². The van der Waals surface area contributed by atoms with Crippen LogP contribution in [0.15, 0.2) is 42.5 Å². The van der Waals surface area contributed by atoms with Gasteiger partial charge in [-0.15, -0.1) is 0 Å². The summed E-state index contributed by atoms with van der Waals surface area (Å²) in [5.41, 5.74) is 1.19. The SMILES string of the molecule is CC(C)CS(=O)(=O)C1CCN(C(=O)CCc2cccc3ccccc23)CC1. The zero-order valence-corrected chi connectivity index (χ0v) is 17.0. The molecule has 27 heavy (non-hydrogen) atoms. The third kappa shape index (κ3) is 4.89. The first-order valence-electron chi connectivity index (χ1n) is 9.83. The first kappa shape index (κ1) is 19.9. The van der Waals surface area contributed by atoms with E-state index in [1.54, 1.807) is 0 Å². The molecule has 0 atom stereocenters. The van der Waals surface area contributed by atoms with Gasteiger partial charge in [0, 0.05) is 19.5 Å². The number of rotatable bonds is 6. The molecule has 0 aliphatic carbocycles. The summed E-state index contributed by atoms with van der Waals surface area (Å²) < 4.78 is 24.8.